The van der Waals surface area contributed by atoms with Crippen LogP contribution in [-0.2, 0) is 14.8 Å². The average molecular weight is 308 g/mol. The Bertz CT molecular complexity index is 541. The van der Waals surface area contributed by atoms with Crippen LogP contribution in [-0.4, -0.2) is 47.0 Å². The third-order valence-corrected chi connectivity index (χ3v) is 3.97. The zero-order chi connectivity index (χ0) is 15.3. The molecular formula is C11H17FN2O5S. The molecule has 0 fully saturated rings. The molecule has 0 bridgehead atoms. The van der Waals surface area contributed by atoms with Gasteiger partial charge in [-0.2, -0.15) is 0 Å². The smallest absolute Gasteiger partial charge is 0.241 e. The Morgan fingerprint density at radius 3 is 2.55 bits per heavy atom. The molecule has 1 atom stereocenters. The molecule has 114 valence electrons. The Morgan fingerprint density at radius 2 is 2.10 bits per heavy atom. The van der Waals surface area contributed by atoms with Crippen molar-refractivity contribution >= 4 is 15.7 Å². The van der Waals surface area contributed by atoms with Crippen molar-refractivity contribution in [3.05, 3.63) is 17.9 Å². The van der Waals surface area contributed by atoms with Gasteiger partial charge in [-0.3, -0.25) is 0 Å². The molecule has 0 amide bonds. The highest BCUT2D eigenvalue weighted by Gasteiger charge is 2.22. The van der Waals surface area contributed by atoms with Crippen molar-refractivity contribution < 1.29 is 27.4 Å². The fraction of sp³-hybridized carbons (Fsp3) is 0.455. The first-order chi connectivity index (χ1) is 9.35. The predicted molar refractivity (Wildman–Crippen MR) is 70.4 cm³/mol. The quantitative estimate of drug-likeness (QED) is 0.597. The zero-order valence-corrected chi connectivity index (χ0v) is 11.9. The first-order valence-corrected chi connectivity index (χ1v) is 7.09. The summed E-state index contributed by atoms with van der Waals surface area (Å²) >= 11 is 0. The Balaban J connectivity index is 3.10. The van der Waals surface area contributed by atoms with E-state index in [2.05, 4.69) is 4.72 Å². The first-order valence-electron chi connectivity index (χ1n) is 5.60. The molecule has 9 heteroatoms. The molecule has 1 aromatic rings. The molecule has 0 saturated carbocycles. The van der Waals surface area contributed by atoms with Crippen molar-refractivity contribution in [1.82, 2.24) is 4.72 Å². The molecule has 7 nitrogen and oxygen atoms in total. The fourth-order valence-electron chi connectivity index (χ4n) is 1.57. The summed E-state index contributed by atoms with van der Waals surface area (Å²) in [4.78, 5) is -0.358. The molecule has 0 aromatic heterocycles. The Labute approximate surface area is 116 Å². The number of nitrogens with one attached hydrogen (secondary N) is 1. The van der Waals surface area contributed by atoms with Crippen molar-refractivity contribution in [2.24, 2.45) is 0 Å². The second kappa shape index (κ2) is 6.84. The molecule has 0 spiro atoms. The highest BCUT2D eigenvalue weighted by Crippen LogP contribution is 2.28. The number of aliphatic hydroxyl groups excluding tert-OH is 1. The molecule has 4 N–H and O–H groups in total. The van der Waals surface area contributed by atoms with Gasteiger partial charge in [0.2, 0.25) is 10.0 Å². The molecule has 0 saturated heterocycles. The summed E-state index contributed by atoms with van der Waals surface area (Å²) < 4.78 is 49.4. The summed E-state index contributed by atoms with van der Waals surface area (Å²) in [5.41, 5.74) is 5.38. The van der Waals surface area contributed by atoms with Crippen LogP contribution in [0.5, 0.6) is 5.75 Å². The lowest BCUT2D eigenvalue weighted by Gasteiger charge is -2.16. The molecule has 1 rings (SSSR count). The lowest BCUT2D eigenvalue weighted by Crippen LogP contribution is -2.40. The van der Waals surface area contributed by atoms with E-state index >= 15 is 0 Å². The SMILES string of the molecule is COCC(CO)NS(=O)(=O)c1cc(N)c(OC)c(F)c1. The maximum Gasteiger partial charge on any atom is 0.241 e. The molecule has 20 heavy (non-hydrogen) atoms. The highest BCUT2D eigenvalue weighted by atomic mass is 32.2. The molecule has 1 aromatic carbocycles. The summed E-state index contributed by atoms with van der Waals surface area (Å²) in [6.45, 7) is -0.481. The molecule has 0 radical (unpaired) electrons. The van der Waals surface area contributed by atoms with E-state index < -0.39 is 28.5 Å². The van der Waals surface area contributed by atoms with Gasteiger partial charge in [-0.1, -0.05) is 0 Å². The van der Waals surface area contributed by atoms with Crippen LogP contribution in [0.25, 0.3) is 0 Å². The van der Waals surface area contributed by atoms with Gasteiger partial charge >= 0.3 is 0 Å². The number of methoxy groups -OCH3 is 2. The number of ether oxygens (including phenoxy) is 2. The van der Waals surface area contributed by atoms with Crippen molar-refractivity contribution in [1.29, 1.82) is 0 Å². The van der Waals surface area contributed by atoms with Crippen molar-refractivity contribution in [3.63, 3.8) is 0 Å². The highest BCUT2D eigenvalue weighted by molar-refractivity contribution is 7.89. The summed E-state index contributed by atoms with van der Waals surface area (Å²) in [7, 11) is -1.44. The normalized spacial score (nSPS) is 13.2. The van der Waals surface area contributed by atoms with Crippen molar-refractivity contribution in [3.8, 4) is 5.75 Å². The van der Waals surface area contributed by atoms with Crippen molar-refractivity contribution in [2.45, 2.75) is 10.9 Å². The van der Waals surface area contributed by atoms with Gasteiger partial charge in [-0.25, -0.2) is 17.5 Å². The number of aliphatic hydroxyl groups is 1. The van der Waals surface area contributed by atoms with E-state index in [0.717, 1.165) is 12.1 Å². The van der Waals surface area contributed by atoms with Crippen LogP contribution in [0, 0.1) is 5.82 Å². The monoisotopic (exact) mass is 308 g/mol. The predicted octanol–water partition coefficient (Wildman–Crippen LogP) is -0.298. The number of halogens is 1. The van der Waals surface area contributed by atoms with E-state index in [-0.39, 0.29) is 22.9 Å². The van der Waals surface area contributed by atoms with Gasteiger partial charge in [0.15, 0.2) is 11.6 Å². The number of sulfonamides is 1. The number of benzene rings is 1. The number of rotatable bonds is 7. The maximum absolute atomic E-state index is 13.6. The lowest BCUT2D eigenvalue weighted by atomic mass is 10.3. The number of hydrogen-bond donors (Lipinski definition) is 3. The van der Waals surface area contributed by atoms with Gasteiger partial charge in [-0.15, -0.1) is 0 Å². The van der Waals surface area contributed by atoms with Gasteiger partial charge in [0, 0.05) is 7.11 Å². The summed E-state index contributed by atoms with van der Waals surface area (Å²) in [6, 6.07) is 1.03. The van der Waals surface area contributed by atoms with Crippen LogP contribution in [0.15, 0.2) is 17.0 Å². The summed E-state index contributed by atoms with van der Waals surface area (Å²) in [5, 5.41) is 9.03. The minimum atomic E-state index is -4.03. The number of nitrogens with two attached hydrogens (primary N) is 1. The van der Waals surface area contributed by atoms with Crippen LogP contribution >= 0.6 is 0 Å². The van der Waals surface area contributed by atoms with E-state index in [4.69, 9.17) is 20.3 Å². The average Bonchev–Trinajstić information content (AvgIpc) is 2.37. The van der Waals surface area contributed by atoms with Gasteiger partial charge in [0.1, 0.15) is 0 Å². The largest absolute Gasteiger partial charge is 0.492 e. The third-order valence-electron chi connectivity index (χ3n) is 2.47. The van der Waals surface area contributed by atoms with Crippen molar-refractivity contribution in [2.75, 3.05) is 33.2 Å². The number of anilines is 1. The van der Waals surface area contributed by atoms with Gasteiger partial charge < -0.3 is 20.3 Å². The van der Waals surface area contributed by atoms with Gasteiger partial charge in [-0.05, 0) is 12.1 Å². The van der Waals surface area contributed by atoms with Crippen LogP contribution in [0.1, 0.15) is 0 Å². The Kier molecular flexibility index (Phi) is 5.69. The van der Waals surface area contributed by atoms with Crippen LogP contribution < -0.4 is 15.2 Å². The molecule has 0 aliphatic carbocycles. The zero-order valence-electron chi connectivity index (χ0n) is 11.1. The molecular weight excluding hydrogens is 291 g/mol. The first kappa shape index (κ1) is 16.6. The molecule has 0 aliphatic heterocycles. The van der Waals surface area contributed by atoms with E-state index in [9.17, 15) is 12.8 Å². The van der Waals surface area contributed by atoms with Crippen LogP contribution in [0.3, 0.4) is 0 Å². The Morgan fingerprint density at radius 1 is 1.45 bits per heavy atom. The van der Waals surface area contributed by atoms with Crippen LogP contribution in [0.2, 0.25) is 0 Å². The summed E-state index contributed by atoms with van der Waals surface area (Å²) in [5.74, 6) is -1.11. The number of nitrogen functional groups attached to an aromatic ring is 1. The number of hydrogen-bond acceptors (Lipinski definition) is 6. The molecule has 0 heterocycles. The van der Waals surface area contributed by atoms with E-state index in [1.54, 1.807) is 0 Å². The van der Waals surface area contributed by atoms with E-state index in [1.165, 1.54) is 14.2 Å². The summed E-state index contributed by atoms with van der Waals surface area (Å²) in [6.07, 6.45) is 0. The Hall–Kier alpha value is -1.42. The minimum absolute atomic E-state index is 0.0240. The van der Waals surface area contributed by atoms with Gasteiger partial charge in [0.25, 0.3) is 0 Å². The minimum Gasteiger partial charge on any atom is -0.492 e. The van der Waals surface area contributed by atoms with E-state index in [1.807, 2.05) is 0 Å². The van der Waals surface area contributed by atoms with E-state index in [0.29, 0.717) is 0 Å². The maximum atomic E-state index is 13.6. The molecule has 1 unspecified atom stereocenters. The molecule has 0 aliphatic rings. The third kappa shape index (κ3) is 3.79. The standard InChI is InChI=1S/C11H17FN2O5S/c1-18-6-7(5-15)14-20(16,17)8-3-9(12)11(19-2)10(13)4-8/h3-4,7,14-15H,5-6,13H2,1-2H3. The van der Waals surface area contributed by atoms with Gasteiger partial charge in [0.05, 0.1) is 36.9 Å². The fourth-order valence-corrected chi connectivity index (χ4v) is 2.83. The van der Waals surface area contributed by atoms with Crippen LogP contribution in [0.4, 0.5) is 10.1 Å². The lowest BCUT2D eigenvalue weighted by molar-refractivity contribution is 0.139. The topological polar surface area (TPSA) is 111 Å². The second-order valence-corrected chi connectivity index (χ2v) is 5.70. The second-order valence-electron chi connectivity index (χ2n) is 3.98.